The Labute approximate surface area is 184 Å². The standard InChI is InChI=1S/C22H27F2N5OS/c23-15-10-17(24)18(25-11-15)12-26-20(30)19-13-27-21(31-19)28-8-2-16(3-9-28)29-7-1-4-22(14-29)5-6-22/h10-11,13,16H,1-9,12,14H2,(H,26,30). The maximum Gasteiger partial charge on any atom is 0.263 e. The molecule has 0 aromatic carbocycles. The maximum absolute atomic E-state index is 13.7. The molecule has 3 fully saturated rings. The normalized spacial score (nSPS) is 21.4. The predicted octanol–water partition coefficient (Wildman–Crippen LogP) is 3.59. The first kappa shape index (κ1) is 20.8. The highest BCUT2D eigenvalue weighted by molar-refractivity contribution is 7.17. The van der Waals surface area contributed by atoms with Crippen molar-refractivity contribution in [1.82, 2.24) is 20.2 Å². The maximum atomic E-state index is 13.7. The van der Waals surface area contributed by atoms with Gasteiger partial charge in [-0.2, -0.15) is 0 Å². The predicted molar refractivity (Wildman–Crippen MR) is 115 cm³/mol. The van der Waals surface area contributed by atoms with Crippen molar-refractivity contribution in [3.05, 3.63) is 40.7 Å². The first-order valence-corrected chi connectivity index (χ1v) is 11.9. The van der Waals surface area contributed by atoms with Crippen molar-refractivity contribution >= 4 is 22.4 Å². The van der Waals surface area contributed by atoms with Crippen LogP contribution in [0.15, 0.2) is 18.5 Å². The van der Waals surface area contributed by atoms with Crippen LogP contribution in [0.4, 0.5) is 13.9 Å². The Hall–Kier alpha value is -2.13. The van der Waals surface area contributed by atoms with E-state index in [0.717, 1.165) is 43.3 Å². The van der Waals surface area contributed by atoms with Gasteiger partial charge in [0.15, 0.2) is 5.13 Å². The Morgan fingerprint density at radius 1 is 1.16 bits per heavy atom. The van der Waals surface area contributed by atoms with Gasteiger partial charge >= 0.3 is 0 Å². The molecule has 1 N–H and O–H groups in total. The van der Waals surface area contributed by atoms with E-state index in [9.17, 15) is 13.6 Å². The number of nitrogens with zero attached hydrogens (tertiary/aromatic N) is 4. The van der Waals surface area contributed by atoms with Crippen molar-refractivity contribution in [2.75, 3.05) is 31.1 Å². The van der Waals surface area contributed by atoms with Crippen LogP contribution in [0.5, 0.6) is 0 Å². The number of carbonyl (C=O) groups is 1. The lowest BCUT2D eigenvalue weighted by atomic mass is 9.92. The molecule has 0 unspecified atom stereocenters. The lowest BCUT2D eigenvalue weighted by molar-refractivity contribution is 0.0954. The summed E-state index contributed by atoms with van der Waals surface area (Å²) in [6, 6.07) is 1.42. The Bertz CT molecular complexity index is 955. The monoisotopic (exact) mass is 447 g/mol. The second-order valence-electron chi connectivity index (χ2n) is 9.06. The molecule has 2 aromatic rings. The Morgan fingerprint density at radius 3 is 2.71 bits per heavy atom. The summed E-state index contributed by atoms with van der Waals surface area (Å²) in [5, 5.41) is 3.49. The number of rotatable bonds is 5. The van der Waals surface area contributed by atoms with Gasteiger partial charge < -0.3 is 10.2 Å². The highest BCUT2D eigenvalue weighted by Crippen LogP contribution is 2.52. The van der Waals surface area contributed by atoms with Gasteiger partial charge in [0.05, 0.1) is 24.6 Å². The fourth-order valence-corrected chi connectivity index (χ4v) is 5.79. The minimum Gasteiger partial charge on any atom is -0.348 e. The van der Waals surface area contributed by atoms with Gasteiger partial charge in [0, 0.05) is 31.7 Å². The van der Waals surface area contributed by atoms with Crippen LogP contribution in [-0.2, 0) is 6.54 Å². The molecule has 9 heteroatoms. The summed E-state index contributed by atoms with van der Waals surface area (Å²) >= 11 is 1.35. The van der Waals surface area contributed by atoms with Crippen LogP contribution in [0, 0.1) is 17.0 Å². The van der Waals surface area contributed by atoms with Crippen molar-refractivity contribution in [2.45, 2.75) is 51.1 Å². The molecular weight excluding hydrogens is 420 g/mol. The number of pyridine rings is 1. The van der Waals surface area contributed by atoms with Crippen molar-refractivity contribution in [3.8, 4) is 0 Å². The Kier molecular flexibility index (Phi) is 5.64. The molecular formula is C22H27F2N5OS. The first-order chi connectivity index (χ1) is 15.0. The third kappa shape index (κ3) is 4.57. The van der Waals surface area contributed by atoms with E-state index in [2.05, 4.69) is 25.1 Å². The van der Waals surface area contributed by atoms with Crippen LogP contribution in [0.1, 0.15) is 53.9 Å². The van der Waals surface area contributed by atoms with E-state index >= 15 is 0 Å². The minimum absolute atomic E-state index is 0.00671. The molecule has 6 nitrogen and oxygen atoms in total. The number of amides is 1. The second-order valence-corrected chi connectivity index (χ2v) is 10.1. The van der Waals surface area contributed by atoms with Gasteiger partial charge in [-0.3, -0.25) is 14.7 Å². The Balaban J connectivity index is 1.13. The number of anilines is 1. The summed E-state index contributed by atoms with van der Waals surface area (Å²) < 4.78 is 26.6. The molecule has 2 aliphatic heterocycles. The lowest BCUT2D eigenvalue weighted by Gasteiger charge is -2.42. The van der Waals surface area contributed by atoms with Gasteiger partial charge in [-0.05, 0) is 50.5 Å². The van der Waals surface area contributed by atoms with E-state index in [1.807, 2.05) is 0 Å². The zero-order valence-electron chi connectivity index (χ0n) is 17.4. The van der Waals surface area contributed by atoms with Gasteiger partial charge in [0.25, 0.3) is 5.91 Å². The molecule has 1 saturated carbocycles. The van der Waals surface area contributed by atoms with E-state index in [4.69, 9.17) is 0 Å². The molecule has 2 saturated heterocycles. The third-order valence-corrected chi connectivity index (χ3v) is 7.97. The van der Waals surface area contributed by atoms with E-state index in [1.54, 1.807) is 6.20 Å². The number of likely N-dealkylation sites (tertiary alicyclic amines) is 1. The average Bonchev–Trinajstić information content (AvgIpc) is 3.32. The quantitative estimate of drug-likeness (QED) is 0.759. The molecule has 5 rings (SSSR count). The van der Waals surface area contributed by atoms with Crippen molar-refractivity contribution in [3.63, 3.8) is 0 Å². The summed E-state index contributed by atoms with van der Waals surface area (Å²) in [4.78, 5) is 26.0. The van der Waals surface area contributed by atoms with Crippen LogP contribution in [0.2, 0.25) is 0 Å². The van der Waals surface area contributed by atoms with E-state index in [1.165, 1.54) is 50.1 Å². The van der Waals surface area contributed by atoms with Crippen molar-refractivity contribution < 1.29 is 13.6 Å². The topological polar surface area (TPSA) is 61.4 Å². The molecule has 2 aromatic heterocycles. The summed E-state index contributed by atoms with van der Waals surface area (Å²) in [6.07, 6.45) is 10.3. The van der Waals surface area contributed by atoms with Gasteiger partial charge in [-0.25, -0.2) is 13.8 Å². The molecule has 1 aliphatic carbocycles. The van der Waals surface area contributed by atoms with E-state index in [-0.39, 0.29) is 18.1 Å². The largest absolute Gasteiger partial charge is 0.348 e. The van der Waals surface area contributed by atoms with E-state index in [0.29, 0.717) is 16.3 Å². The minimum atomic E-state index is -0.769. The van der Waals surface area contributed by atoms with E-state index < -0.39 is 11.6 Å². The van der Waals surface area contributed by atoms with Crippen LogP contribution >= 0.6 is 11.3 Å². The van der Waals surface area contributed by atoms with Crippen LogP contribution in [-0.4, -0.2) is 53.0 Å². The fourth-order valence-electron chi connectivity index (χ4n) is 4.91. The molecule has 0 bridgehead atoms. The van der Waals surface area contributed by atoms with Gasteiger partial charge in [-0.15, -0.1) is 0 Å². The zero-order valence-corrected chi connectivity index (χ0v) is 18.3. The molecule has 0 radical (unpaired) electrons. The number of aromatic nitrogens is 2. The van der Waals surface area contributed by atoms with Gasteiger partial charge in [0.2, 0.25) is 0 Å². The highest BCUT2D eigenvalue weighted by atomic mass is 32.1. The van der Waals surface area contributed by atoms with Crippen molar-refractivity contribution in [1.29, 1.82) is 0 Å². The molecule has 1 spiro atoms. The molecule has 0 atom stereocenters. The number of hydrogen-bond acceptors (Lipinski definition) is 6. The highest BCUT2D eigenvalue weighted by Gasteiger charge is 2.46. The van der Waals surface area contributed by atoms with Crippen molar-refractivity contribution in [2.24, 2.45) is 5.41 Å². The Morgan fingerprint density at radius 2 is 1.97 bits per heavy atom. The summed E-state index contributed by atoms with van der Waals surface area (Å²) in [5.74, 6) is -1.84. The molecule has 3 aliphatic rings. The molecule has 4 heterocycles. The zero-order chi connectivity index (χ0) is 21.4. The number of hydrogen-bond donors (Lipinski definition) is 1. The smallest absolute Gasteiger partial charge is 0.263 e. The number of thiazole rings is 1. The number of piperidine rings is 2. The number of nitrogens with one attached hydrogen (secondary N) is 1. The molecule has 166 valence electrons. The SMILES string of the molecule is O=C(NCc1ncc(F)cc1F)c1cnc(N2CCC(N3CCCC4(CC4)C3)CC2)s1. The molecule has 31 heavy (non-hydrogen) atoms. The third-order valence-electron chi connectivity index (χ3n) is 6.92. The second kappa shape index (κ2) is 8.43. The molecule has 1 amide bonds. The van der Waals surface area contributed by atoms with Crippen LogP contribution in [0.25, 0.3) is 0 Å². The van der Waals surface area contributed by atoms with Crippen LogP contribution in [0.3, 0.4) is 0 Å². The van der Waals surface area contributed by atoms with Crippen LogP contribution < -0.4 is 10.2 Å². The van der Waals surface area contributed by atoms with Gasteiger partial charge in [0.1, 0.15) is 16.5 Å². The summed E-state index contributed by atoms with van der Waals surface area (Å²) in [6.45, 7) is 4.32. The number of halogens is 2. The first-order valence-electron chi connectivity index (χ1n) is 11.0. The summed E-state index contributed by atoms with van der Waals surface area (Å²) in [7, 11) is 0. The van der Waals surface area contributed by atoms with Gasteiger partial charge in [-0.1, -0.05) is 11.3 Å². The summed E-state index contributed by atoms with van der Waals surface area (Å²) in [5.41, 5.74) is 0.659. The lowest BCUT2D eigenvalue weighted by Crippen LogP contribution is -2.49. The average molecular weight is 448 g/mol. The fraction of sp³-hybridized carbons (Fsp3) is 0.591. The number of carbonyl (C=O) groups excluding carboxylic acids is 1.